The summed E-state index contributed by atoms with van der Waals surface area (Å²) in [7, 11) is 0. The molecule has 22 heavy (non-hydrogen) atoms. The first kappa shape index (κ1) is 14.4. The third-order valence-electron chi connectivity index (χ3n) is 4.31. The molecule has 0 radical (unpaired) electrons. The number of nitrogens with zero attached hydrogens (tertiary/aromatic N) is 4. The Kier molecular flexibility index (Phi) is 3.76. The van der Waals surface area contributed by atoms with Gasteiger partial charge in [0.05, 0.1) is 10.0 Å². The van der Waals surface area contributed by atoms with Crippen molar-refractivity contribution in [3.63, 3.8) is 0 Å². The summed E-state index contributed by atoms with van der Waals surface area (Å²) in [6.45, 7) is 2.53. The first-order chi connectivity index (χ1) is 10.7. The van der Waals surface area contributed by atoms with E-state index in [0.29, 0.717) is 16.0 Å². The Balaban J connectivity index is 1.52. The number of hydrogen-bond acceptors (Lipinski definition) is 4. The second kappa shape index (κ2) is 5.76. The second-order valence-corrected chi connectivity index (χ2v) is 6.83. The van der Waals surface area contributed by atoms with E-state index in [4.69, 9.17) is 28.2 Å². The summed E-state index contributed by atoms with van der Waals surface area (Å²) in [6.07, 6.45) is 8.72. The average molecular weight is 335 g/mol. The maximum absolute atomic E-state index is 6.21. The second-order valence-electron chi connectivity index (χ2n) is 6.02. The van der Waals surface area contributed by atoms with Gasteiger partial charge in [-0.05, 0) is 12.8 Å². The third-order valence-corrected chi connectivity index (χ3v) is 4.96. The van der Waals surface area contributed by atoms with Crippen molar-refractivity contribution in [3.8, 4) is 0 Å². The predicted octanol–water partition coefficient (Wildman–Crippen LogP) is 3.61. The number of halogens is 2. The van der Waals surface area contributed by atoms with Crippen LogP contribution in [0.5, 0.6) is 0 Å². The largest absolute Gasteiger partial charge is 0.294 e. The van der Waals surface area contributed by atoms with Gasteiger partial charge in [-0.1, -0.05) is 23.2 Å². The monoisotopic (exact) mass is 334 g/mol. The van der Waals surface area contributed by atoms with Gasteiger partial charge < -0.3 is 0 Å². The summed E-state index contributed by atoms with van der Waals surface area (Å²) in [4.78, 5) is 15.6. The summed E-state index contributed by atoms with van der Waals surface area (Å²) in [5.41, 5.74) is 3.37. The molecule has 0 amide bonds. The van der Waals surface area contributed by atoms with Crippen molar-refractivity contribution in [2.45, 2.75) is 38.3 Å². The SMILES string of the molecule is Clc1cncc(Cl)c1CN1CCc2nc(C3CC3)ncc2C1. The van der Waals surface area contributed by atoms with E-state index in [1.165, 1.54) is 24.1 Å². The summed E-state index contributed by atoms with van der Waals surface area (Å²) >= 11 is 12.4. The molecule has 1 fully saturated rings. The Morgan fingerprint density at radius 2 is 1.91 bits per heavy atom. The number of fused-ring (bicyclic) bond motifs is 1. The molecular formula is C16H16Cl2N4. The summed E-state index contributed by atoms with van der Waals surface area (Å²) in [5.74, 6) is 1.64. The standard InChI is InChI=1S/C16H16Cl2N4/c17-13-6-19-7-14(18)12(13)9-22-4-3-15-11(8-22)5-20-16(21-15)10-1-2-10/h5-7,10H,1-4,8-9H2. The number of hydrogen-bond donors (Lipinski definition) is 0. The summed E-state index contributed by atoms with van der Waals surface area (Å²) in [5, 5.41) is 1.25. The highest BCUT2D eigenvalue weighted by Crippen LogP contribution is 2.38. The van der Waals surface area contributed by atoms with Gasteiger partial charge in [-0.3, -0.25) is 9.88 Å². The van der Waals surface area contributed by atoms with Crippen molar-refractivity contribution < 1.29 is 0 Å². The molecule has 114 valence electrons. The van der Waals surface area contributed by atoms with Crippen LogP contribution < -0.4 is 0 Å². The number of pyridine rings is 1. The van der Waals surface area contributed by atoms with Crippen LogP contribution in [0.25, 0.3) is 0 Å². The minimum Gasteiger partial charge on any atom is -0.294 e. The Hall–Kier alpha value is -1.23. The van der Waals surface area contributed by atoms with Crippen LogP contribution in [0, 0.1) is 0 Å². The van der Waals surface area contributed by atoms with Crippen molar-refractivity contribution in [2.24, 2.45) is 0 Å². The molecule has 1 saturated carbocycles. The van der Waals surface area contributed by atoms with Crippen molar-refractivity contribution in [2.75, 3.05) is 6.54 Å². The van der Waals surface area contributed by atoms with Crippen molar-refractivity contribution >= 4 is 23.2 Å². The number of rotatable bonds is 3. The third kappa shape index (κ3) is 2.83. The lowest BCUT2D eigenvalue weighted by atomic mass is 10.1. The number of aromatic nitrogens is 3. The van der Waals surface area contributed by atoms with Gasteiger partial charge >= 0.3 is 0 Å². The zero-order valence-corrected chi connectivity index (χ0v) is 13.6. The molecule has 3 heterocycles. The molecule has 0 atom stereocenters. The minimum atomic E-state index is 0.609. The molecule has 0 spiro atoms. The normalized spacial score (nSPS) is 18.3. The topological polar surface area (TPSA) is 41.9 Å². The molecule has 1 aliphatic carbocycles. The van der Waals surface area contributed by atoms with E-state index in [-0.39, 0.29) is 0 Å². The Labute approximate surface area is 139 Å². The zero-order valence-electron chi connectivity index (χ0n) is 12.1. The Morgan fingerprint density at radius 1 is 1.14 bits per heavy atom. The van der Waals surface area contributed by atoms with E-state index >= 15 is 0 Å². The van der Waals surface area contributed by atoms with Crippen LogP contribution in [0.15, 0.2) is 18.6 Å². The minimum absolute atomic E-state index is 0.609. The zero-order chi connectivity index (χ0) is 15.1. The lowest BCUT2D eigenvalue weighted by Gasteiger charge is -2.28. The maximum atomic E-state index is 6.21. The van der Waals surface area contributed by atoms with Crippen molar-refractivity contribution in [1.82, 2.24) is 19.9 Å². The average Bonchev–Trinajstić information content (AvgIpc) is 3.35. The Morgan fingerprint density at radius 3 is 2.64 bits per heavy atom. The molecule has 0 N–H and O–H groups in total. The first-order valence-electron chi connectivity index (χ1n) is 7.55. The van der Waals surface area contributed by atoms with E-state index < -0.39 is 0 Å². The van der Waals surface area contributed by atoms with Crippen molar-refractivity contribution in [3.05, 3.63) is 51.3 Å². The first-order valence-corrected chi connectivity index (χ1v) is 8.31. The van der Waals surface area contributed by atoms with Gasteiger partial charge in [0.25, 0.3) is 0 Å². The van der Waals surface area contributed by atoms with E-state index in [1.807, 2.05) is 6.20 Å². The molecule has 4 nitrogen and oxygen atoms in total. The van der Waals surface area contributed by atoms with Gasteiger partial charge in [0.15, 0.2) is 0 Å². The molecule has 0 bridgehead atoms. The van der Waals surface area contributed by atoms with Gasteiger partial charge in [-0.2, -0.15) is 0 Å². The molecule has 6 heteroatoms. The maximum Gasteiger partial charge on any atom is 0.131 e. The van der Waals surface area contributed by atoms with Gasteiger partial charge in [-0.15, -0.1) is 0 Å². The fraction of sp³-hybridized carbons (Fsp3) is 0.438. The quantitative estimate of drug-likeness (QED) is 0.859. The van der Waals surface area contributed by atoms with E-state index in [0.717, 1.165) is 37.4 Å². The van der Waals surface area contributed by atoms with E-state index in [9.17, 15) is 0 Å². The van der Waals surface area contributed by atoms with Gasteiger partial charge in [0.1, 0.15) is 5.82 Å². The predicted molar refractivity (Wildman–Crippen MR) is 86.1 cm³/mol. The summed E-state index contributed by atoms with van der Waals surface area (Å²) in [6, 6.07) is 0. The lowest BCUT2D eigenvalue weighted by molar-refractivity contribution is 0.242. The molecule has 2 aliphatic rings. The van der Waals surface area contributed by atoms with Crippen LogP contribution in [0.2, 0.25) is 10.0 Å². The molecule has 4 rings (SSSR count). The highest BCUT2D eigenvalue weighted by atomic mass is 35.5. The fourth-order valence-electron chi connectivity index (χ4n) is 2.88. The van der Waals surface area contributed by atoms with Crippen LogP contribution in [0.3, 0.4) is 0 Å². The Bertz CT molecular complexity index is 695. The van der Waals surface area contributed by atoms with E-state index in [2.05, 4.69) is 14.9 Å². The summed E-state index contributed by atoms with van der Waals surface area (Å²) < 4.78 is 0. The van der Waals surface area contributed by atoms with Crippen LogP contribution in [0.1, 0.15) is 41.4 Å². The van der Waals surface area contributed by atoms with Crippen LogP contribution >= 0.6 is 23.2 Å². The highest BCUT2D eigenvalue weighted by Gasteiger charge is 2.28. The molecule has 0 unspecified atom stereocenters. The van der Waals surface area contributed by atoms with Crippen LogP contribution in [-0.2, 0) is 19.5 Å². The lowest BCUT2D eigenvalue weighted by Crippen LogP contribution is -2.31. The fourth-order valence-corrected chi connectivity index (χ4v) is 3.36. The van der Waals surface area contributed by atoms with Crippen LogP contribution in [0.4, 0.5) is 0 Å². The van der Waals surface area contributed by atoms with Gasteiger partial charge in [0.2, 0.25) is 0 Å². The van der Waals surface area contributed by atoms with Gasteiger partial charge in [0, 0.05) is 67.4 Å². The molecular weight excluding hydrogens is 319 g/mol. The van der Waals surface area contributed by atoms with Crippen molar-refractivity contribution in [1.29, 1.82) is 0 Å². The highest BCUT2D eigenvalue weighted by molar-refractivity contribution is 6.35. The van der Waals surface area contributed by atoms with Gasteiger partial charge in [-0.25, -0.2) is 9.97 Å². The molecule has 2 aromatic rings. The smallest absolute Gasteiger partial charge is 0.131 e. The molecule has 0 saturated heterocycles. The molecule has 1 aliphatic heterocycles. The molecule has 0 aromatic carbocycles. The molecule has 2 aromatic heterocycles. The van der Waals surface area contributed by atoms with E-state index in [1.54, 1.807) is 12.4 Å². The van der Waals surface area contributed by atoms with Crippen LogP contribution in [-0.4, -0.2) is 26.4 Å².